The maximum absolute atomic E-state index is 12.5. The maximum Gasteiger partial charge on any atom is 0.337 e. The molecule has 1 saturated carbocycles. The molecule has 2 amide bonds. The average molecular weight is 314 g/mol. The molecule has 0 aromatic heterocycles. The number of methoxy groups -OCH3 is 1. The highest BCUT2D eigenvalue weighted by Crippen LogP contribution is 2.37. The topological polar surface area (TPSA) is 58.6 Å². The van der Waals surface area contributed by atoms with Crippen LogP contribution in [0.15, 0.2) is 35.5 Å². The Balaban J connectivity index is 2.03. The quantitative estimate of drug-likeness (QED) is 0.869. The number of amides is 2. The molecule has 5 heteroatoms. The first-order chi connectivity index (χ1) is 11.1. The van der Waals surface area contributed by atoms with Gasteiger partial charge in [-0.15, -0.1) is 0 Å². The first kappa shape index (κ1) is 15.6. The summed E-state index contributed by atoms with van der Waals surface area (Å²) in [5.41, 5.74) is 3.33. The van der Waals surface area contributed by atoms with Crippen LogP contribution in [0.1, 0.15) is 43.9 Å². The van der Waals surface area contributed by atoms with E-state index in [4.69, 9.17) is 4.74 Å². The van der Waals surface area contributed by atoms with Gasteiger partial charge in [-0.05, 0) is 37.3 Å². The SMILES string of the molecule is CCc1ccc(C2NC(=O)N(C3CC3)C(C)=C2C(=O)OC)cc1. The van der Waals surface area contributed by atoms with Crippen LogP contribution in [0.5, 0.6) is 0 Å². The van der Waals surface area contributed by atoms with Crippen molar-refractivity contribution in [3.8, 4) is 0 Å². The molecule has 23 heavy (non-hydrogen) atoms. The number of rotatable bonds is 4. The number of esters is 1. The van der Waals surface area contributed by atoms with Crippen molar-refractivity contribution in [2.45, 2.75) is 45.2 Å². The van der Waals surface area contributed by atoms with Crippen LogP contribution < -0.4 is 5.32 Å². The Labute approximate surface area is 136 Å². The summed E-state index contributed by atoms with van der Waals surface area (Å²) in [6.07, 6.45) is 2.91. The smallest absolute Gasteiger partial charge is 0.337 e. The Kier molecular flexibility index (Phi) is 4.11. The zero-order valence-corrected chi connectivity index (χ0v) is 13.8. The largest absolute Gasteiger partial charge is 0.466 e. The minimum absolute atomic E-state index is 0.137. The Morgan fingerprint density at radius 2 is 1.96 bits per heavy atom. The molecule has 3 rings (SSSR count). The number of aryl methyl sites for hydroxylation is 1. The molecule has 1 atom stereocenters. The van der Waals surface area contributed by atoms with Crippen LogP contribution in [0.4, 0.5) is 4.79 Å². The minimum Gasteiger partial charge on any atom is -0.466 e. The first-order valence-corrected chi connectivity index (χ1v) is 8.04. The predicted molar refractivity (Wildman–Crippen MR) is 86.7 cm³/mol. The summed E-state index contributed by atoms with van der Waals surface area (Å²) < 4.78 is 4.97. The van der Waals surface area contributed by atoms with Gasteiger partial charge in [-0.25, -0.2) is 9.59 Å². The lowest BCUT2D eigenvalue weighted by atomic mass is 9.94. The third-order valence-electron chi connectivity index (χ3n) is 4.57. The van der Waals surface area contributed by atoms with Crippen molar-refractivity contribution in [2.75, 3.05) is 7.11 Å². The molecule has 0 bridgehead atoms. The van der Waals surface area contributed by atoms with Crippen molar-refractivity contribution in [3.63, 3.8) is 0 Å². The molecular formula is C18H22N2O3. The summed E-state index contributed by atoms with van der Waals surface area (Å²) in [7, 11) is 1.37. The number of nitrogens with one attached hydrogen (secondary N) is 1. The lowest BCUT2D eigenvalue weighted by Gasteiger charge is -2.35. The Bertz CT molecular complexity index is 659. The van der Waals surface area contributed by atoms with E-state index in [-0.39, 0.29) is 12.1 Å². The van der Waals surface area contributed by atoms with E-state index in [2.05, 4.69) is 12.2 Å². The van der Waals surface area contributed by atoms with Crippen molar-refractivity contribution in [1.29, 1.82) is 0 Å². The van der Waals surface area contributed by atoms with Gasteiger partial charge in [0.1, 0.15) is 0 Å². The number of benzene rings is 1. The molecule has 1 heterocycles. The Morgan fingerprint density at radius 3 is 2.48 bits per heavy atom. The van der Waals surface area contributed by atoms with Crippen LogP contribution in [0.25, 0.3) is 0 Å². The van der Waals surface area contributed by atoms with Crippen molar-refractivity contribution in [1.82, 2.24) is 10.2 Å². The van der Waals surface area contributed by atoms with Crippen molar-refractivity contribution in [3.05, 3.63) is 46.7 Å². The van der Waals surface area contributed by atoms with Crippen LogP contribution >= 0.6 is 0 Å². The van der Waals surface area contributed by atoms with E-state index in [9.17, 15) is 9.59 Å². The molecule has 0 spiro atoms. The number of ether oxygens (including phenoxy) is 1. The van der Waals surface area contributed by atoms with Gasteiger partial charge in [-0.1, -0.05) is 31.2 Å². The number of hydrogen-bond donors (Lipinski definition) is 1. The van der Waals surface area contributed by atoms with Crippen molar-refractivity contribution >= 4 is 12.0 Å². The predicted octanol–water partition coefficient (Wildman–Crippen LogP) is 2.92. The van der Waals surface area contributed by atoms with Gasteiger partial charge in [0.2, 0.25) is 0 Å². The second-order valence-electron chi connectivity index (χ2n) is 6.07. The highest BCUT2D eigenvalue weighted by atomic mass is 16.5. The van der Waals surface area contributed by atoms with E-state index in [0.29, 0.717) is 11.3 Å². The monoisotopic (exact) mass is 314 g/mol. The van der Waals surface area contributed by atoms with E-state index in [1.165, 1.54) is 12.7 Å². The van der Waals surface area contributed by atoms with E-state index >= 15 is 0 Å². The lowest BCUT2D eigenvalue weighted by Crippen LogP contribution is -2.48. The van der Waals surface area contributed by atoms with Crippen LogP contribution in [-0.4, -0.2) is 30.1 Å². The normalized spacial score (nSPS) is 21.3. The number of urea groups is 1. The van der Waals surface area contributed by atoms with Gasteiger partial charge in [0.05, 0.1) is 18.7 Å². The molecule has 0 radical (unpaired) electrons. The molecule has 0 saturated heterocycles. The fourth-order valence-corrected chi connectivity index (χ4v) is 3.10. The molecular weight excluding hydrogens is 292 g/mol. The molecule has 2 aliphatic rings. The molecule has 1 aromatic rings. The second-order valence-corrected chi connectivity index (χ2v) is 6.07. The summed E-state index contributed by atoms with van der Waals surface area (Å²) >= 11 is 0. The molecule has 1 aliphatic carbocycles. The number of nitrogens with zero attached hydrogens (tertiary/aromatic N) is 1. The van der Waals surface area contributed by atoms with Gasteiger partial charge in [-0.2, -0.15) is 0 Å². The summed E-state index contributed by atoms with van der Waals surface area (Å²) in [6.45, 7) is 3.92. The van der Waals surface area contributed by atoms with E-state index in [1.807, 2.05) is 31.2 Å². The number of allylic oxidation sites excluding steroid dienone is 1. The average Bonchev–Trinajstić information content (AvgIpc) is 3.38. The van der Waals surface area contributed by atoms with E-state index in [0.717, 1.165) is 24.8 Å². The molecule has 122 valence electrons. The van der Waals surface area contributed by atoms with Gasteiger partial charge in [0, 0.05) is 11.7 Å². The van der Waals surface area contributed by atoms with Crippen molar-refractivity contribution in [2.24, 2.45) is 0 Å². The van der Waals surface area contributed by atoms with Crippen LogP contribution in [0, 0.1) is 0 Å². The number of carbonyl (C=O) groups excluding carboxylic acids is 2. The minimum atomic E-state index is -0.462. The fourth-order valence-electron chi connectivity index (χ4n) is 3.10. The first-order valence-electron chi connectivity index (χ1n) is 8.04. The van der Waals surface area contributed by atoms with Gasteiger partial charge in [0.25, 0.3) is 0 Å². The van der Waals surface area contributed by atoms with Gasteiger partial charge < -0.3 is 10.1 Å². The number of hydrogen-bond acceptors (Lipinski definition) is 3. The standard InChI is InChI=1S/C18H22N2O3/c1-4-12-5-7-13(8-6-12)16-15(17(21)23-3)11(2)20(14-9-10-14)18(22)19-16/h5-8,14,16H,4,9-10H2,1-3H3,(H,19,22). The summed E-state index contributed by atoms with van der Waals surface area (Å²) in [6, 6.07) is 7.59. The van der Waals surface area contributed by atoms with Gasteiger partial charge in [-0.3, -0.25) is 4.90 Å². The maximum atomic E-state index is 12.5. The van der Waals surface area contributed by atoms with Gasteiger partial charge in [0.15, 0.2) is 0 Å². The molecule has 1 aromatic carbocycles. The highest BCUT2D eigenvalue weighted by molar-refractivity contribution is 5.95. The van der Waals surface area contributed by atoms with E-state index in [1.54, 1.807) is 4.90 Å². The summed E-state index contributed by atoms with van der Waals surface area (Å²) in [5, 5.41) is 2.97. The molecule has 1 N–H and O–H groups in total. The lowest BCUT2D eigenvalue weighted by molar-refractivity contribution is -0.136. The zero-order valence-electron chi connectivity index (χ0n) is 13.8. The highest BCUT2D eigenvalue weighted by Gasteiger charge is 2.42. The Morgan fingerprint density at radius 1 is 1.30 bits per heavy atom. The van der Waals surface area contributed by atoms with Crippen LogP contribution in [0.3, 0.4) is 0 Å². The van der Waals surface area contributed by atoms with Crippen LogP contribution in [0.2, 0.25) is 0 Å². The van der Waals surface area contributed by atoms with Crippen LogP contribution in [-0.2, 0) is 16.0 Å². The summed E-state index contributed by atoms with van der Waals surface area (Å²) in [4.78, 5) is 26.5. The van der Waals surface area contributed by atoms with E-state index < -0.39 is 12.0 Å². The molecule has 5 nitrogen and oxygen atoms in total. The molecule has 1 fully saturated rings. The zero-order chi connectivity index (χ0) is 16.6. The Hall–Kier alpha value is -2.30. The number of carbonyl (C=O) groups is 2. The third-order valence-corrected chi connectivity index (χ3v) is 4.57. The fraction of sp³-hybridized carbons (Fsp3) is 0.444. The molecule has 1 aliphatic heterocycles. The summed E-state index contributed by atoms with van der Waals surface area (Å²) in [5.74, 6) is -0.391. The third kappa shape index (κ3) is 2.83. The second kappa shape index (κ2) is 6.07. The van der Waals surface area contributed by atoms with Crippen molar-refractivity contribution < 1.29 is 14.3 Å². The van der Waals surface area contributed by atoms with Gasteiger partial charge >= 0.3 is 12.0 Å². The molecule has 1 unspecified atom stereocenters.